The van der Waals surface area contributed by atoms with Crippen molar-refractivity contribution in [3.63, 3.8) is 0 Å². The quantitative estimate of drug-likeness (QED) is 0.502. The molecular weight excluding hydrogens is 424 g/mol. The van der Waals surface area contributed by atoms with Crippen molar-refractivity contribution in [3.8, 4) is 0 Å². The molecule has 32 heavy (non-hydrogen) atoms. The number of hydrogen-bond acceptors (Lipinski definition) is 9. The summed E-state index contributed by atoms with van der Waals surface area (Å²) in [6.45, 7) is 2.13. The van der Waals surface area contributed by atoms with E-state index in [4.69, 9.17) is 11.5 Å². The Morgan fingerprint density at radius 3 is 2.91 bits per heavy atom. The van der Waals surface area contributed by atoms with Crippen LogP contribution in [0.3, 0.4) is 0 Å². The number of nitrogens with zero attached hydrogens (tertiary/aromatic N) is 4. The molecule has 9 nitrogen and oxygen atoms in total. The first-order valence-corrected chi connectivity index (χ1v) is 11.8. The van der Waals surface area contributed by atoms with Crippen molar-refractivity contribution >= 4 is 46.6 Å². The van der Waals surface area contributed by atoms with E-state index in [0.29, 0.717) is 5.95 Å². The molecule has 0 saturated heterocycles. The highest BCUT2D eigenvalue weighted by atomic mass is 32.1. The summed E-state index contributed by atoms with van der Waals surface area (Å²) in [4.78, 5) is 22.0. The van der Waals surface area contributed by atoms with Crippen LogP contribution in [0, 0.1) is 0 Å². The number of nitrogens with two attached hydrogens (primary N) is 2. The highest BCUT2D eigenvalue weighted by Crippen LogP contribution is 2.33. The fourth-order valence-corrected chi connectivity index (χ4v) is 4.82. The Morgan fingerprint density at radius 2 is 2.12 bits per heavy atom. The Morgan fingerprint density at radius 1 is 1.28 bits per heavy atom. The van der Waals surface area contributed by atoms with E-state index in [1.165, 1.54) is 5.57 Å². The van der Waals surface area contributed by atoms with Gasteiger partial charge in [-0.2, -0.15) is 4.98 Å². The number of rotatable bonds is 7. The number of anilines is 3. The molecule has 0 aromatic carbocycles. The zero-order valence-corrected chi connectivity index (χ0v) is 18.9. The van der Waals surface area contributed by atoms with Crippen molar-refractivity contribution < 1.29 is 4.79 Å². The first kappa shape index (κ1) is 22.1. The number of carbonyl (C=O) groups is 1. The van der Waals surface area contributed by atoms with Crippen LogP contribution in [0.5, 0.6) is 0 Å². The van der Waals surface area contributed by atoms with Crippen LogP contribution in [-0.4, -0.2) is 39.4 Å². The number of thiophene rings is 1. The lowest BCUT2D eigenvalue weighted by atomic mass is 9.91. The van der Waals surface area contributed by atoms with E-state index in [-0.39, 0.29) is 23.6 Å². The standard InChI is InChI=1S/C22H28N8OS/c1-2-13-7-5-6-10-25-18(13)17-11-14(12-32-17)26-21-19(20(24)31)29-30-22(28-21)27-16-9-4-3-8-15(16)23/h5-6,10-12,15-16H,2-4,7-9,23H2,1H3,(H2,24,31)(H2,26,27,28,30)/t15-,16+/m0/s1. The largest absolute Gasteiger partial charge is 0.364 e. The summed E-state index contributed by atoms with van der Waals surface area (Å²) in [5.74, 6) is -0.107. The Balaban J connectivity index is 1.58. The molecule has 0 unspecified atom stereocenters. The summed E-state index contributed by atoms with van der Waals surface area (Å²) in [5.41, 5.74) is 14.8. The van der Waals surface area contributed by atoms with Gasteiger partial charge < -0.3 is 22.1 Å². The van der Waals surface area contributed by atoms with Crippen LogP contribution in [0.25, 0.3) is 5.70 Å². The number of nitrogens with one attached hydrogen (secondary N) is 2. The fourth-order valence-electron chi connectivity index (χ4n) is 3.93. The molecule has 10 heteroatoms. The van der Waals surface area contributed by atoms with Crippen LogP contribution in [0.1, 0.15) is 60.8 Å². The molecule has 1 aliphatic heterocycles. The minimum absolute atomic E-state index is 0.0126. The Kier molecular flexibility index (Phi) is 6.91. The van der Waals surface area contributed by atoms with Crippen molar-refractivity contribution in [3.05, 3.63) is 39.7 Å². The Labute approximate surface area is 191 Å². The van der Waals surface area contributed by atoms with E-state index in [1.807, 2.05) is 23.7 Å². The van der Waals surface area contributed by atoms with E-state index in [9.17, 15) is 4.79 Å². The third-order valence-corrected chi connectivity index (χ3v) is 6.64. The van der Waals surface area contributed by atoms with Crippen LogP contribution < -0.4 is 22.1 Å². The van der Waals surface area contributed by atoms with Gasteiger partial charge in [0.05, 0.1) is 16.3 Å². The van der Waals surface area contributed by atoms with Gasteiger partial charge in [0.25, 0.3) is 5.91 Å². The van der Waals surface area contributed by atoms with Crippen LogP contribution in [0.15, 0.2) is 34.2 Å². The molecule has 1 amide bonds. The molecule has 2 atom stereocenters. The van der Waals surface area contributed by atoms with Gasteiger partial charge in [-0.1, -0.05) is 25.8 Å². The van der Waals surface area contributed by atoms with Crippen molar-refractivity contribution in [2.45, 2.75) is 57.5 Å². The highest BCUT2D eigenvalue weighted by Gasteiger charge is 2.23. The zero-order valence-electron chi connectivity index (χ0n) is 18.0. The van der Waals surface area contributed by atoms with E-state index < -0.39 is 5.91 Å². The molecular formula is C22H28N8OS. The topological polar surface area (TPSA) is 144 Å². The summed E-state index contributed by atoms with van der Waals surface area (Å²) < 4.78 is 0. The van der Waals surface area contributed by atoms with E-state index >= 15 is 0 Å². The van der Waals surface area contributed by atoms with Gasteiger partial charge in [0.2, 0.25) is 5.95 Å². The zero-order chi connectivity index (χ0) is 22.5. The van der Waals surface area contributed by atoms with Crippen molar-refractivity contribution in [1.82, 2.24) is 15.2 Å². The lowest BCUT2D eigenvalue weighted by Crippen LogP contribution is -2.43. The summed E-state index contributed by atoms with van der Waals surface area (Å²) in [6, 6.07) is 2.11. The summed E-state index contributed by atoms with van der Waals surface area (Å²) in [6.07, 6.45) is 11.8. The average molecular weight is 453 g/mol. The predicted molar refractivity (Wildman–Crippen MR) is 129 cm³/mol. The molecule has 3 heterocycles. The van der Waals surface area contributed by atoms with Gasteiger partial charge in [-0.05, 0) is 43.4 Å². The smallest absolute Gasteiger partial charge is 0.273 e. The second kappa shape index (κ2) is 10.0. The molecule has 4 rings (SSSR count). The second-order valence-electron chi connectivity index (χ2n) is 7.94. The predicted octanol–water partition coefficient (Wildman–Crippen LogP) is 3.61. The number of primary amides is 1. The molecule has 1 fully saturated rings. The van der Waals surface area contributed by atoms with Gasteiger partial charge in [0.15, 0.2) is 11.5 Å². The molecule has 6 N–H and O–H groups in total. The van der Waals surface area contributed by atoms with Crippen molar-refractivity contribution in [1.29, 1.82) is 0 Å². The maximum Gasteiger partial charge on any atom is 0.273 e. The first-order chi connectivity index (χ1) is 15.5. The Bertz CT molecular complexity index is 1070. The number of aromatic nitrogens is 3. The number of amides is 1. The highest BCUT2D eigenvalue weighted by molar-refractivity contribution is 7.11. The summed E-state index contributed by atoms with van der Waals surface area (Å²) in [7, 11) is 0. The number of carbonyl (C=O) groups excluding carboxylic acids is 1. The van der Waals surface area contributed by atoms with Gasteiger partial charge in [0.1, 0.15) is 0 Å². The maximum absolute atomic E-state index is 11.9. The molecule has 0 spiro atoms. The minimum Gasteiger partial charge on any atom is -0.364 e. The molecule has 0 radical (unpaired) electrons. The van der Waals surface area contributed by atoms with Gasteiger partial charge in [-0.25, -0.2) is 0 Å². The lowest BCUT2D eigenvalue weighted by molar-refractivity contribution is 0.0995. The Hall–Kier alpha value is -3.11. The average Bonchev–Trinajstić information content (AvgIpc) is 3.10. The van der Waals surface area contributed by atoms with E-state index in [1.54, 1.807) is 11.3 Å². The summed E-state index contributed by atoms with van der Waals surface area (Å²) >= 11 is 1.58. The monoisotopic (exact) mass is 452 g/mol. The number of hydrogen-bond donors (Lipinski definition) is 4. The van der Waals surface area contributed by atoms with Crippen LogP contribution in [0.2, 0.25) is 0 Å². The van der Waals surface area contributed by atoms with Crippen LogP contribution in [-0.2, 0) is 0 Å². The third-order valence-electron chi connectivity index (χ3n) is 5.70. The minimum atomic E-state index is -0.695. The van der Waals surface area contributed by atoms with Crippen molar-refractivity contribution in [2.24, 2.45) is 16.5 Å². The lowest BCUT2D eigenvalue weighted by Gasteiger charge is -2.29. The second-order valence-corrected chi connectivity index (χ2v) is 8.85. The molecule has 0 bridgehead atoms. The number of aliphatic imine (C=N–C) groups is 1. The van der Waals surface area contributed by atoms with Gasteiger partial charge in [0, 0.05) is 23.7 Å². The van der Waals surface area contributed by atoms with E-state index in [2.05, 4.69) is 43.8 Å². The van der Waals surface area contributed by atoms with Crippen LogP contribution >= 0.6 is 11.3 Å². The first-order valence-electron chi connectivity index (χ1n) is 10.9. The molecule has 2 aliphatic rings. The molecule has 168 valence electrons. The normalized spacial score (nSPS) is 20.8. The fraction of sp³-hybridized carbons (Fsp3) is 0.409. The van der Waals surface area contributed by atoms with Crippen LogP contribution in [0.4, 0.5) is 17.5 Å². The maximum atomic E-state index is 11.9. The summed E-state index contributed by atoms with van der Waals surface area (Å²) in [5, 5.41) is 16.5. The molecule has 2 aromatic rings. The third kappa shape index (κ3) is 5.03. The molecule has 2 aromatic heterocycles. The van der Waals surface area contributed by atoms with Crippen molar-refractivity contribution in [2.75, 3.05) is 10.6 Å². The van der Waals surface area contributed by atoms with E-state index in [0.717, 1.165) is 54.8 Å². The SMILES string of the molecule is CCC1=C(c2cc(Nc3nc(N[C@@H]4CCCC[C@@H]4N)nnc3C(N)=O)cs2)N=CC=CC1. The van der Waals surface area contributed by atoms with Gasteiger partial charge >= 0.3 is 0 Å². The van der Waals surface area contributed by atoms with Gasteiger partial charge in [-0.3, -0.25) is 9.79 Å². The number of allylic oxidation sites excluding steroid dienone is 3. The molecule has 1 aliphatic carbocycles. The molecule has 1 saturated carbocycles. The van der Waals surface area contributed by atoms with Gasteiger partial charge in [-0.15, -0.1) is 21.5 Å².